The molecule has 31 heavy (non-hydrogen) atoms. The number of fused-ring (bicyclic) bond motifs is 1. The maximum Gasteiger partial charge on any atom is 0.259 e. The van der Waals surface area contributed by atoms with E-state index in [2.05, 4.69) is 10.1 Å². The van der Waals surface area contributed by atoms with Gasteiger partial charge in [0, 0.05) is 23.5 Å². The van der Waals surface area contributed by atoms with E-state index < -0.39 is 11.7 Å². The fraction of sp³-hybridized carbons (Fsp3) is 0.182. The monoisotopic (exact) mass is 438 g/mol. The number of aryl methyl sites for hydroxylation is 2. The largest absolute Gasteiger partial charge is 0.370 e. The first-order valence-electron chi connectivity index (χ1n) is 9.53. The summed E-state index contributed by atoms with van der Waals surface area (Å²) in [4.78, 5) is 33.0. The number of aromatic nitrogens is 2. The summed E-state index contributed by atoms with van der Waals surface area (Å²) in [5.74, 6) is -1.36. The van der Waals surface area contributed by atoms with Gasteiger partial charge in [-0.05, 0) is 56.3 Å². The number of hydrogen-bond donors (Lipinski definition) is 1. The number of rotatable bonds is 6. The summed E-state index contributed by atoms with van der Waals surface area (Å²) >= 11 is 1.54. The van der Waals surface area contributed by atoms with Crippen LogP contribution in [0, 0.1) is 19.7 Å². The molecule has 0 bridgehead atoms. The van der Waals surface area contributed by atoms with E-state index in [1.807, 2.05) is 19.1 Å². The SMILES string of the molecule is Cc1ccc(-c2cc(C(=O)N(CCC(N)=O)c3ccc(F)cc3)c3c(C)noc3n2)s1. The highest BCUT2D eigenvalue weighted by molar-refractivity contribution is 7.15. The third-order valence-corrected chi connectivity index (χ3v) is 5.83. The number of pyridine rings is 1. The molecule has 0 spiro atoms. The zero-order valence-corrected chi connectivity index (χ0v) is 17.7. The summed E-state index contributed by atoms with van der Waals surface area (Å²) < 4.78 is 18.8. The minimum atomic E-state index is -0.546. The topological polar surface area (TPSA) is 102 Å². The zero-order chi connectivity index (χ0) is 22.1. The Labute approximate surface area is 181 Å². The van der Waals surface area contributed by atoms with Crippen molar-refractivity contribution in [1.82, 2.24) is 10.1 Å². The number of amides is 2. The summed E-state index contributed by atoms with van der Waals surface area (Å²) in [6.45, 7) is 3.75. The van der Waals surface area contributed by atoms with Crippen molar-refractivity contribution in [2.24, 2.45) is 5.73 Å². The van der Waals surface area contributed by atoms with Gasteiger partial charge in [-0.1, -0.05) is 5.16 Å². The van der Waals surface area contributed by atoms with E-state index in [-0.39, 0.29) is 24.6 Å². The molecule has 1 aromatic carbocycles. The number of nitrogens with zero attached hydrogens (tertiary/aromatic N) is 3. The van der Waals surface area contributed by atoms with Gasteiger partial charge in [0.15, 0.2) is 0 Å². The molecular weight excluding hydrogens is 419 g/mol. The minimum absolute atomic E-state index is 0.0430. The number of hydrogen-bond acceptors (Lipinski definition) is 6. The highest BCUT2D eigenvalue weighted by Gasteiger charge is 2.25. The molecule has 7 nitrogen and oxygen atoms in total. The lowest BCUT2D eigenvalue weighted by Gasteiger charge is -2.23. The molecule has 0 atom stereocenters. The maximum atomic E-state index is 13.7. The van der Waals surface area contributed by atoms with Crippen LogP contribution in [0.4, 0.5) is 10.1 Å². The molecule has 2 N–H and O–H groups in total. The van der Waals surface area contributed by atoms with E-state index in [4.69, 9.17) is 10.3 Å². The molecule has 4 rings (SSSR count). The Balaban J connectivity index is 1.85. The molecule has 4 aromatic rings. The number of anilines is 1. The molecule has 9 heteroatoms. The number of nitrogens with two attached hydrogens (primary N) is 1. The zero-order valence-electron chi connectivity index (χ0n) is 16.9. The molecule has 0 saturated carbocycles. The third kappa shape index (κ3) is 4.17. The Morgan fingerprint density at radius 3 is 2.55 bits per heavy atom. The van der Waals surface area contributed by atoms with Crippen molar-refractivity contribution < 1.29 is 18.5 Å². The van der Waals surface area contributed by atoms with Crippen molar-refractivity contribution in [3.63, 3.8) is 0 Å². The number of halogens is 1. The van der Waals surface area contributed by atoms with Gasteiger partial charge in [0.2, 0.25) is 5.91 Å². The molecule has 3 heterocycles. The van der Waals surface area contributed by atoms with Crippen LogP contribution in [0.15, 0.2) is 47.0 Å². The number of benzene rings is 1. The second-order valence-electron chi connectivity index (χ2n) is 7.06. The molecule has 0 saturated heterocycles. The standard InChI is InChI=1S/C22H19FN4O3S/c1-12-3-8-18(31-12)17-11-16(20-13(2)26-30-21(20)25-17)22(29)27(10-9-19(24)28)15-6-4-14(23)5-7-15/h3-8,11H,9-10H2,1-2H3,(H2,24,28). The fourth-order valence-electron chi connectivity index (χ4n) is 3.30. The second kappa shape index (κ2) is 8.27. The lowest BCUT2D eigenvalue weighted by Crippen LogP contribution is -2.34. The van der Waals surface area contributed by atoms with Gasteiger partial charge < -0.3 is 15.2 Å². The van der Waals surface area contributed by atoms with E-state index >= 15 is 0 Å². The van der Waals surface area contributed by atoms with E-state index in [9.17, 15) is 14.0 Å². The maximum absolute atomic E-state index is 13.7. The molecule has 0 fully saturated rings. The fourth-order valence-corrected chi connectivity index (χ4v) is 4.13. The van der Waals surface area contributed by atoms with Crippen LogP contribution in [0.1, 0.15) is 27.3 Å². The van der Waals surface area contributed by atoms with Gasteiger partial charge in [-0.2, -0.15) is 0 Å². The highest BCUT2D eigenvalue weighted by Crippen LogP contribution is 2.32. The quantitative estimate of drug-likeness (QED) is 0.485. The first-order valence-corrected chi connectivity index (χ1v) is 10.3. The van der Waals surface area contributed by atoms with E-state index in [1.54, 1.807) is 24.3 Å². The van der Waals surface area contributed by atoms with Crippen molar-refractivity contribution in [2.45, 2.75) is 20.3 Å². The molecule has 0 unspecified atom stereocenters. The Morgan fingerprint density at radius 2 is 1.90 bits per heavy atom. The van der Waals surface area contributed by atoms with Crippen LogP contribution in [-0.4, -0.2) is 28.5 Å². The Kier molecular flexibility index (Phi) is 5.51. The van der Waals surface area contributed by atoms with Crippen LogP contribution < -0.4 is 10.6 Å². The van der Waals surface area contributed by atoms with Crippen LogP contribution in [0.5, 0.6) is 0 Å². The molecule has 158 valence electrons. The smallest absolute Gasteiger partial charge is 0.259 e. The molecule has 2 amide bonds. The average molecular weight is 438 g/mol. The average Bonchev–Trinajstić information content (AvgIpc) is 3.34. The first-order chi connectivity index (χ1) is 14.8. The van der Waals surface area contributed by atoms with E-state index in [1.165, 1.54) is 29.2 Å². The molecular formula is C22H19FN4O3S. The minimum Gasteiger partial charge on any atom is -0.370 e. The van der Waals surface area contributed by atoms with Gasteiger partial charge in [0.05, 0.1) is 27.2 Å². The number of carbonyl (C=O) groups is 2. The summed E-state index contributed by atoms with van der Waals surface area (Å²) in [6, 6.07) is 11.1. The van der Waals surface area contributed by atoms with E-state index in [0.717, 1.165) is 9.75 Å². The lowest BCUT2D eigenvalue weighted by molar-refractivity contribution is -0.117. The van der Waals surface area contributed by atoms with Gasteiger partial charge >= 0.3 is 0 Å². The number of thiophene rings is 1. The Morgan fingerprint density at radius 1 is 1.16 bits per heavy atom. The Hall–Kier alpha value is -3.59. The van der Waals surface area contributed by atoms with E-state index in [0.29, 0.717) is 28.0 Å². The molecule has 3 aromatic heterocycles. The highest BCUT2D eigenvalue weighted by atomic mass is 32.1. The summed E-state index contributed by atoms with van der Waals surface area (Å²) in [6.07, 6.45) is -0.0447. The number of carbonyl (C=O) groups excluding carboxylic acids is 2. The Bertz CT molecular complexity index is 1280. The van der Waals surface area contributed by atoms with Gasteiger partial charge in [0.25, 0.3) is 11.6 Å². The predicted octanol–water partition coefficient (Wildman–Crippen LogP) is 4.23. The molecule has 0 aliphatic heterocycles. The summed E-state index contributed by atoms with van der Waals surface area (Å²) in [5.41, 5.74) is 7.44. The normalized spacial score (nSPS) is 11.1. The van der Waals surface area contributed by atoms with Gasteiger partial charge in [0.1, 0.15) is 5.82 Å². The van der Waals surface area contributed by atoms with Crippen molar-refractivity contribution in [1.29, 1.82) is 0 Å². The second-order valence-corrected chi connectivity index (χ2v) is 8.35. The first kappa shape index (κ1) is 20.7. The van der Waals surface area contributed by atoms with Gasteiger partial charge in [-0.15, -0.1) is 11.3 Å². The van der Waals surface area contributed by atoms with Crippen molar-refractivity contribution in [3.8, 4) is 10.6 Å². The van der Waals surface area contributed by atoms with Crippen LogP contribution in [-0.2, 0) is 4.79 Å². The molecule has 0 aliphatic carbocycles. The van der Waals surface area contributed by atoms with Crippen LogP contribution >= 0.6 is 11.3 Å². The lowest BCUT2D eigenvalue weighted by atomic mass is 10.1. The summed E-state index contributed by atoms with van der Waals surface area (Å²) in [5, 5.41) is 4.46. The number of primary amides is 1. The predicted molar refractivity (Wildman–Crippen MR) is 116 cm³/mol. The van der Waals surface area contributed by atoms with Gasteiger partial charge in [-0.25, -0.2) is 9.37 Å². The van der Waals surface area contributed by atoms with Crippen LogP contribution in [0.25, 0.3) is 21.7 Å². The molecule has 0 radical (unpaired) electrons. The van der Waals surface area contributed by atoms with Gasteiger partial charge in [-0.3, -0.25) is 9.59 Å². The van der Waals surface area contributed by atoms with Crippen molar-refractivity contribution in [3.05, 3.63) is 64.4 Å². The van der Waals surface area contributed by atoms with Crippen molar-refractivity contribution in [2.75, 3.05) is 11.4 Å². The van der Waals surface area contributed by atoms with Crippen LogP contribution in [0.2, 0.25) is 0 Å². The van der Waals surface area contributed by atoms with Crippen LogP contribution in [0.3, 0.4) is 0 Å². The summed E-state index contributed by atoms with van der Waals surface area (Å²) in [7, 11) is 0. The molecule has 0 aliphatic rings. The third-order valence-electron chi connectivity index (χ3n) is 4.81. The van der Waals surface area contributed by atoms with Crippen molar-refractivity contribution >= 4 is 39.9 Å².